The van der Waals surface area contributed by atoms with Gasteiger partial charge in [-0.05, 0) is 32.4 Å². The SMILES string of the molecule is CC(=O)NC1(c2nc(C)cs2)CCN(C(C)c2ccccn2)C1. The number of aryl methyl sites for hydroxylation is 1. The monoisotopic (exact) mass is 330 g/mol. The van der Waals surface area contributed by atoms with Crippen molar-refractivity contribution in [2.75, 3.05) is 13.1 Å². The zero-order valence-corrected chi connectivity index (χ0v) is 14.6. The number of nitrogens with one attached hydrogen (secondary N) is 1. The van der Waals surface area contributed by atoms with Crippen molar-refractivity contribution < 1.29 is 4.79 Å². The smallest absolute Gasteiger partial charge is 0.217 e. The van der Waals surface area contributed by atoms with E-state index in [1.165, 1.54) is 0 Å². The van der Waals surface area contributed by atoms with Crippen LogP contribution >= 0.6 is 11.3 Å². The van der Waals surface area contributed by atoms with Gasteiger partial charge < -0.3 is 5.32 Å². The van der Waals surface area contributed by atoms with E-state index < -0.39 is 0 Å². The number of carbonyl (C=O) groups excluding carboxylic acids is 1. The lowest BCUT2D eigenvalue weighted by molar-refractivity contribution is -0.120. The summed E-state index contributed by atoms with van der Waals surface area (Å²) < 4.78 is 0. The van der Waals surface area contributed by atoms with Gasteiger partial charge in [0.15, 0.2) is 0 Å². The molecular formula is C17H22N4OS. The Morgan fingerprint density at radius 3 is 2.91 bits per heavy atom. The molecule has 1 N–H and O–H groups in total. The summed E-state index contributed by atoms with van der Waals surface area (Å²) in [6, 6.07) is 6.21. The second-order valence-corrected chi connectivity index (χ2v) is 7.07. The summed E-state index contributed by atoms with van der Waals surface area (Å²) in [7, 11) is 0. The minimum atomic E-state index is -0.381. The number of rotatable bonds is 4. The second kappa shape index (κ2) is 6.37. The molecule has 1 aliphatic heterocycles. The zero-order chi connectivity index (χ0) is 16.4. The first-order chi connectivity index (χ1) is 11.0. The molecule has 2 unspecified atom stereocenters. The van der Waals surface area contributed by atoms with Crippen molar-refractivity contribution in [1.82, 2.24) is 20.2 Å². The molecule has 122 valence electrons. The molecule has 6 heteroatoms. The van der Waals surface area contributed by atoms with Gasteiger partial charge in [0.2, 0.25) is 5.91 Å². The first-order valence-corrected chi connectivity index (χ1v) is 8.74. The van der Waals surface area contributed by atoms with Crippen molar-refractivity contribution in [3.05, 3.63) is 46.2 Å². The summed E-state index contributed by atoms with van der Waals surface area (Å²) >= 11 is 1.63. The quantitative estimate of drug-likeness (QED) is 0.936. The molecule has 0 aromatic carbocycles. The molecule has 23 heavy (non-hydrogen) atoms. The molecule has 1 fully saturated rings. The largest absolute Gasteiger partial charge is 0.343 e. The summed E-state index contributed by atoms with van der Waals surface area (Å²) in [4.78, 5) is 23.2. The highest BCUT2D eigenvalue weighted by Crippen LogP contribution is 2.37. The van der Waals surface area contributed by atoms with E-state index in [2.05, 4.69) is 33.2 Å². The third kappa shape index (κ3) is 3.28. The Morgan fingerprint density at radius 1 is 1.48 bits per heavy atom. The van der Waals surface area contributed by atoms with Crippen LogP contribution in [0, 0.1) is 6.92 Å². The number of hydrogen-bond acceptors (Lipinski definition) is 5. The fourth-order valence-corrected chi connectivity index (χ4v) is 4.20. The van der Waals surface area contributed by atoms with Crippen molar-refractivity contribution in [3.8, 4) is 0 Å². The molecule has 0 spiro atoms. The maximum absolute atomic E-state index is 11.8. The third-order valence-electron chi connectivity index (χ3n) is 4.41. The Morgan fingerprint density at radius 2 is 2.30 bits per heavy atom. The molecule has 1 saturated heterocycles. The lowest BCUT2D eigenvalue weighted by Gasteiger charge is -2.30. The maximum Gasteiger partial charge on any atom is 0.217 e. The molecule has 0 saturated carbocycles. The van der Waals surface area contributed by atoms with Gasteiger partial charge in [0.25, 0.3) is 0 Å². The predicted octanol–water partition coefficient (Wildman–Crippen LogP) is 2.64. The van der Waals surface area contributed by atoms with Crippen LogP contribution in [-0.2, 0) is 10.3 Å². The number of hydrogen-bond donors (Lipinski definition) is 1. The molecule has 3 rings (SSSR count). The molecular weight excluding hydrogens is 308 g/mol. The Balaban J connectivity index is 1.85. The summed E-state index contributed by atoms with van der Waals surface area (Å²) in [5.74, 6) is -0.00908. The molecule has 3 heterocycles. The van der Waals surface area contributed by atoms with Gasteiger partial charge >= 0.3 is 0 Å². The predicted molar refractivity (Wildman–Crippen MR) is 91.2 cm³/mol. The van der Waals surface area contributed by atoms with E-state index in [-0.39, 0.29) is 17.5 Å². The number of amides is 1. The first-order valence-electron chi connectivity index (χ1n) is 7.86. The van der Waals surface area contributed by atoms with Crippen molar-refractivity contribution in [1.29, 1.82) is 0 Å². The van der Waals surface area contributed by atoms with E-state index in [4.69, 9.17) is 0 Å². The van der Waals surface area contributed by atoms with E-state index in [0.717, 1.165) is 35.9 Å². The van der Waals surface area contributed by atoms with Crippen LogP contribution in [0.4, 0.5) is 0 Å². The fourth-order valence-electron chi connectivity index (χ4n) is 3.22. The van der Waals surface area contributed by atoms with Crippen LogP contribution in [0.25, 0.3) is 0 Å². The third-order valence-corrected chi connectivity index (χ3v) is 5.57. The van der Waals surface area contributed by atoms with Gasteiger partial charge in [-0.15, -0.1) is 11.3 Å². The Hall–Kier alpha value is -1.79. The van der Waals surface area contributed by atoms with E-state index in [0.29, 0.717) is 0 Å². The number of pyridine rings is 1. The van der Waals surface area contributed by atoms with Gasteiger partial charge in [0.05, 0.1) is 5.69 Å². The van der Waals surface area contributed by atoms with Crippen LogP contribution in [0.1, 0.15) is 42.7 Å². The van der Waals surface area contributed by atoms with Crippen LogP contribution in [0.3, 0.4) is 0 Å². The van der Waals surface area contributed by atoms with Gasteiger partial charge in [0, 0.05) is 43.3 Å². The van der Waals surface area contributed by atoms with Gasteiger partial charge in [0.1, 0.15) is 10.5 Å². The van der Waals surface area contributed by atoms with Crippen molar-refractivity contribution >= 4 is 17.2 Å². The number of carbonyl (C=O) groups is 1. The van der Waals surface area contributed by atoms with Crippen LogP contribution < -0.4 is 5.32 Å². The Kier molecular flexibility index (Phi) is 4.46. The summed E-state index contributed by atoms with van der Waals surface area (Å²) in [6.07, 6.45) is 2.70. The van der Waals surface area contributed by atoms with Gasteiger partial charge in [-0.25, -0.2) is 4.98 Å². The second-order valence-electron chi connectivity index (χ2n) is 6.21. The Bertz CT molecular complexity index is 687. The summed E-state index contributed by atoms with van der Waals surface area (Å²) in [5, 5.41) is 6.21. The molecule has 2 aromatic rings. The van der Waals surface area contributed by atoms with E-state index in [1.807, 2.05) is 30.6 Å². The van der Waals surface area contributed by atoms with Crippen molar-refractivity contribution in [2.45, 2.75) is 38.8 Å². The lowest BCUT2D eigenvalue weighted by atomic mass is 9.99. The molecule has 0 bridgehead atoms. The first kappa shape index (κ1) is 16.1. The highest BCUT2D eigenvalue weighted by atomic mass is 32.1. The van der Waals surface area contributed by atoms with Crippen LogP contribution in [0.5, 0.6) is 0 Å². The maximum atomic E-state index is 11.8. The molecule has 0 radical (unpaired) electrons. The summed E-state index contributed by atoms with van der Waals surface area (Å²) in [6.45, 7) is 7.41. The van der Waals surface area contributed by atoms with Gasteiger partial charge in [-0.3, -0.25) is 14.7 Å². The topological polar surface area (TPSA) is 58.1 Å². The fraction of sp³-hybridized carbons (Fsp3) is 0.471. The molecule has 2 aromatic heterocycles. The average molecular weight is 330 g/mol. The van der Waals surface area contributed by atoms with Crippen LogP contribution in [0.15, 0.2) is 29.8 Å². The number of nitrogens with zero attached hydrogens (tertiary/aromatic N) is 3. The standard InChI is InChI=1S/C17H22N4OS/c1-12-10-23-16(19-12)17(20-14(3)22)7-9-21(11-17)13(2)15-6-4-5-8-18-15/h4-6,8,10,13H,7,9,11H2,1-3H3,(H,20,22). The van der Waals surface area contributed by atoms with E-state index in [9.17, 15) is 4.79 Å². The minimum absolute atomic E-state index is 0.00908. The summed E-state index contributed by atoms with van der Waals surface area (Å²) in [5.41, 5.74) is 1.68. The number of aromatic nitrogens is 2. The van der Waals surface area contributed by atoms with Crippen LogP contribution in [0.2, 0.25) is 0 Å². The van der Waals surface area contributed by atoms with Gasteiger partial charge in [-0.1, -0.05) is 6.07 Å². The molecule has 1 aliphatic rings. The minimum Gasteiger partial charge on any atom is -0.343 e. The molecule has 2 atom stereocenters. The number of likely N-dealkylation sites (tertiary alicyclic amines) is 1. The highest BCUT2D eigenvalue weighted by Gasteiger charge is 2.44. The molecule has 1 amide bonds. The van der Waals surface area contributed by atoms with E-state index in [1.54, 1.807) is 18.3 Å². The Labute approximate surface area is 140 Å². The normalized spacial score (nSPS) is 22.9. The van der Waals surface area contributed by atoms with Crippen LogP contribution in [-0.4, -0.2) is 33.9 Å². The molecule has 5 nitrogen and oxygen atoms in total. The number of thiazole rings is 1. The lowest BCUT2D eigenvalue weighted by Crippen LogP contribution is -2.47. The van der Waals surface area contributed by atoms with Crippen molar-refractivity contribution in [2.24, 2.45) is 0 Å². The molecule has 0 aliphatic carbocycles. The zero-order valence-electron chi connectivity index (χ0n) is 13.7. The average Bonchev–Trinajstić information content (AvgIpc) is 3.14. The van der Waals surface area contributed by atoms with E-state index >= 15 is 0 Å². The van der Waals surface area contributed by atoms with Crippen molar-refractivity contribution in [3.63, 3.8) is 0 Å². The highest BCUT2D eigenvalue weighted by molar-refractivity contribution is 7.09. The van der Waals surface area contributed by atoms with Gasteiger partial charge in [-0.2, -0.15) is 0 Å².